The number of unbranched alkanes of at least 4 members (excludes halogenated alkanes) is 31. The SMILES string of the molecule is CCCCCCCCCCCCC(=O)O[C@@H](COC(=O)CCCCCCCCCCCCCCCCC(C)C)COC(=O)CCCCCCCCCCCCC(C)C. The van der Waals surface area contributed by atoms with E-state index in [0.717, 1.165) is 69.6 Å². The minimum absolute atomic E-state index is 0.0637. The highest BCUT2D eigenvalue weighted by molar-refractivity contribution is 5.71. The summed E-state index contributed by atoms with van der Waals surface area (Å²) in [5, 5.41) is 0. The van der Waals surface area contributed by atoms with Crippen LogP contribution in [0.1, 0.15) is 285 Å². The van der Waals surface area contributed by atoms with Gasteiger partial charge in [0.05, 0.1) is 0 Å². The molecule has 0 aromatic carbocycles. The van der Waals surface area contributed by atoms with Crippen molar-refractivity contribution in [2.45, 2.75) is 291 Å². The molecule has 6 heteroatoms. The van der Waals surface area contributed by atoms with Crippen molar-refractivity contribution >= 4 is 17.9 Å². The van der Waals surface area contributed by atoms with Gasteiger partial charge in [0, 0.05) is 19.3 Å². The average Bonchev–Trinajstić information content (AvgIpc) is 3.19. The van der Waals surface area contributed by atoms with Crippen LogP contribution in [0.2, 0.25) is 0 Å². The second-order valence-electron chi connectivity index (χ2n) is 18.8. The van der Waals surface area contributed by atoms with E-state index in [0.29, 0.717) is 19.3 Å². The van der Waals surface area contributed by atoms with Crippen molar-refractivity contribution in [3.05, 3.63) is 0 Å². The van der Waals surface area contributed by atoms with Gasteiger partial charge in [0.15, 0.2) is 6.10 Å². The minimum atomic E-state index is -0.761. The lowest BCUT2D eigenvalue weighted by atomic mass is 10.0. The van der Waals surface area contributed by atoms with Gasteiger partial charge < -0.3 is 14.2 Å². The van der Waals surface area contributed by atoms with E-state index < -0.39 is 6.10 Å². The topological polar surface area (TPSA) is 78.9 Å². The first-order chi connectivity index (χ1) is 28.2. The summed E-state index contributed by atoms with van der Waals surface area (Å²) < 4.78 is 16.8. The zero-order valence-electron chi connectivity index (χ0n) is 39.7. The number of ether oxygens (including phenoxy) is 3. The van der Waals surface area contributed by atoms with E-state index in [-0.39, 0.29) is 31.1 Å². The van der Waals surface area contributed by atoms with Crippen LogP contribution >= 0.6 is 0 Å². The van der Waals surface area contributed by atoms with Crippen molar-refractivity contribution in [1.29, 1.82) is 0 Å². The quantitative estimate of drug-likeness (QED) is 0.0346. The third-order valence-corrected chi connectivity index (χ3v) is 11.7. The van der Waals surface area contributed by atoms with Crippen molar-refractivity contribution in [3.63, 3.8) is 0 Å². The standard InChI is InChI=1S/C52H100O6/c1-6-7-8-9-10-11-22-29-34-39-44-52(55)58-49(46-57-51(54)43-38-33-28-24-19-18-21-26-31-36-41-48(4)5)45-56-50(53)42-37-32-27-23-17-15-13-12-14-16-20-25-30-35-40-47(2)3/h47-49H,6-46H2,1-5H3/t49-/m0/s1. The molecule has 0 spiro atoms. The molecule has 0 N–H and O–H groups in total. The van der Waals surface area contributed by atoms with Crippen LogP contribution in [-0.2, 0) is 28.6 Å². The molecule has 0 fully saturated rings. The normalized spacial score (nSPS) is 12.1. The van der Waals surface area contributed by atoms with Crippen LogP contribution in [-0.4, -0.2) is 37.2 Å². The summed E-state index contributed by atoms with van der Waals surface area (Å²) >= 11 is 0. The van der Waals surface area contributed by atoms with E-state index in [9.17, 15) is 14.4 Å². The van der Waals surface area contributed by atoms with Crippen molar-refractivity contribution in [2.75, 3.05) is 13.2 Å². The molecule has 58 heavy (non-hydrogen) atoms. The van der Waals surface area contributed by atoms with E-state index in [4.69, 9.17) is 14.2 Å². The number of hydrogen-bond donors (Lipinski definition) is 0. The Kier molecular flexibility index (Phi) is 43.7. The van der Waals surface area contributed by atoms with E-state index in [1.165, 1.54) is 173 Å². The predicted molar refractivity (Wildman–Crippen MR) is 247 cm³/mol. The van der Waals surface area contributed by atoms with Crippen LogP contribution < -0.4 is 0 Å². The fourth-order valence-electron chi connectivity index (χ4n) is 7.81. The molecule has 0 aliphatic carbocycles. The summed E-state index contributed by atoms with van der Waals surface area (Å²) in [6.07, 6.45) is 45.2. The Hall–Kier alpha value is -1.59. The Morgan fingerprint density at radius 2 is 0.569 bits per heavy atom. The molecule has 344 valence electrons. The molecule has 1 atom stereocenters. The molecule has 0 rings (SSSR count). The molecule has 0 bridgehead atoms. The summed E-state index contributed by atoms with van der Waals surface area (Å²) in [6, 6.07) is 0. The maximum absolute atomic E-state index is 12.7. The number of esters is 3. The van der Waals surface area contributed by atoms with Crippen LogP contribution in [0.4, 0.5) is 0 Å². The molecule has 0 radical (unpaired) electrons. The largest absolute Gasteiger partial charge is 0.462 e. The van der Waals surface area contributed by atoms with Gasteiger partial charge in [-0.05, 0) is 31.1 Å². The maximum Gasteiger partial charge on any atom is 0.306 e. The zero-order valence-corrected chi connectivity index (χ0v) is 39.7. The minimum Gasteiger partial charge on any atom is -0.462 e. The number of carbonyl (C=O) groups is 3. The highest BCUT2D eigenvalue weighted by atomic mass is 16.6. The zero-order chi connectivity index (χ0) is 42.6. The van der Waals surface area contributed by atoms with Gasteiger partial charge in [0.1, 0.15) is 13.2 Å². The third kappa shape index (κ3) is 45.5. The first kappa shape index (κ1) is 56.4. The molecule has 0 unspecified atom stereocenters. The third-order valence-electron chi connectivity index (χ3n) is 11.7. The lowest BCUT2D eigenvalue weighted by Gasteiger charge is -2.18. The smallest absolute Gasteiger partial charge is 0.306 e. The molecular formula is C52H100O6. The Balaban J connectivity index is 4.26. The Morgan fingerprint density at radius 3 is 0.845 bits per heavy atom. The van der Waals surface area contributed by atoms with Gasteiger partial charge >= 0.3 is 17.9 Å². The van der Waals surface area contributed by atoms with Crippen molar-refractivity contribution in [1.82, 2.24) is 0 Å². The molecule has 0 saturated heterocycles. The van der Waals surface area contributed by atoms with Gasteiger partial charge in [-0.2, -0.15) is 0 Å². The first-order valence-electron chi connectivity index (χ1n) is 25.7. The molecule has 0 amide bonds. The molecule has 0 aromatic rings. The Morgan fingerprint density at radius 1 is 0.328 bits per heavy atom. The summed E-state index contributed by atoms with van der Waals surface area (Å²) in [6.45, 7) is 11.4. The second kappa shape index (κ2) is 44.9. The van der Waals surface area contributed by atoms with Crippen molar-refractivity contribution < 1.29 is 28.6 Å². The summed E-state index contributed by atoms with van der Waals surface area (Å²) in [7, 11) is 0. The summed E-state index contributed by atoms with van der Waals surface area (Å²) in [5.74, 6) is 0.813. The van der Waals surface area contributed by atoms with E-state index in [1.54, 1.807) is 0 Å². The first-order valence-corrected chi connectivity index (χ1v) is 25.7. The summed E-state index contributed by atoms with van der Waals surface area (Å²) in [4.78, 5) is 37.9. The van der Waals surface area contributed by atoms with Gasteiger partial charge in [0.25, 0.3) is 0 Å². The molecule has 0 aliphatic rings. The van der Waals surface area contributed by atoms with Gasteiger partial charge in [0.2, 0.25) is 0 Å². The fraction of sp³-hybridized carbons (Fsp3) is 0.942. The second-order valence-corrected chi connectivity index (χ2v) is 18.8. The highest BCUT2D eigenvalue weighted by Crippen LogP contribution is 2.17. The lowest BCUT2D eigenvalue weighted by Crippen LogP contribution is -2.30. The van der Waals surface area contributed by atoms with Gasteiger partial charge in [-0.1, -0.05) is 247 Å². The fourth-order valence-corrected chi connectivity index (χ4v) is 7.81. The van der Waals surface area contributed by atoms with Crippen LogP contribution in [0.25, 0.3) is 0 Å². The molecule has 0 aromatic heterocycles. The number of hydrogen-bond acceptors (Lipinski definition) is 6. The Bertz CT molecular complexity index is 885. The van der Waals surface area contributed by atoms with Gasteiger partial charge in [-0.15, -0.1) is 0 Å². The van der Waals surface area contributed by atoms with E-state index >= 15 is 0 Å². The van der Waals surface area contributed by atoms with E-state index in [1.807, 2.05) is 0 Å². The van der Waals surface area contributed by atoms with Crippen LogP contribution in [0.3, 0.4) is 0 Å². The van der Waals surface area contributed by atoms with E-state index in [2.05, 4.69) is 34.6 Å². The lowest BCUT2D eigenvalue weighted by molar-refractivity contribution is -0.167. The van der Waals surface area contributed by atoms with Crippen LogP contribution in [0.15, 0.2) is 0 Å². The van der Waals surface area contributed by atoms with Crippen molar-refractivity contribution in [3.8, 4) is 0 Å². The Labute approximate surface area is 361 Å². The van der Waals surface area contributed by atoms with Gasteiger partial charge in [-0.3, -0.25) is 14.4 Å². The number of carbonyl (C=O) groups excluding carboxylic acids is 3. The molecule has 6 nitrogen and oxygen atoms in total. The number of rotatable bonds is 46. The maximum atomic E-state index is 12.7. The predicted octanol–water partition coefficient (Wildman–Crippen LogP) is 16.5. The van der Waals surface area contributed by atoms with Gasteiger partial charge in [-0.25, -0.2) is 0 Å². The van der Waals surface area contributed by atoms with Crippen LogP contribution in [0, 0.1) is 11.8 Å². The molecule has 0 aliphatic heterocycles. The molecule has 0 heterocycles. The molecular weight excluding hydrogens is 721 g/mol. The monoisotopic (exact) mass is 821 g/mol. The highest BCUT2D eigenvalue weighted by Gasteiger charge is 2.19. The summed E-state index contributed by atoms with van der Waals surface area (Å²) in [5.41, 5.74) is 0. The molecule has 0 saturated carbocycles. The average molecular weight is 821 g/mol. The van der Waals surface area contributed by atoms with Crippen molar-refractivity contribution in [2.24, 2.45) is 11.8 Å². The van der Waals surface area contributed by atoms with Crippen LogP contribution in [0.5, 0.6) is 0 Å².